The highest BCUT2D eigenvalue weighted by Crippen LogP contribution is 2.60. The fraction of sp³-hybridized carbons (Fsp3) is 0.682. The van der Waals surface area contributed by atoms with E-state index in [1.54, 1.807) is 6.21 Å². The lowest BCUT2D eigenvalue weighted by Crippen LogP contribution is -2.43. The SMILES string of the molecule is CC1N(C)c2cc(C3(C=N)CC34CCCCN4)ccc2N1CC(C)(C)C. The van der Waals surface area contributed by atoms with Crippen LogP contribution in [0.25, 0.3) is 0 Å². The first-order valence-electron chi connectivity index (χ1n) is 10.1. The van der Waals surface area contributed by atoms with Crippen LogP contribution in [-0.4, -0.2) is 38.1 Å². The second kappa shape index (κ2) is 5.72. The predicted molar refractivity (Wildman–Crippen MR) is 111 cm³/mol. The van der Waals surface area contributed by atoms with E-state index in [1.807, 2.05) is 0 Å². The van der Waals surface area contributed by atoms with Crippen LogP contribution in [0.1, 0.15) is 58.9 Å². The van der Waals surface area contributed by atoms with Crippen molar-refractivity contribution >= 4 is 17.6 Å². The Morgan fingerprint density at radius 1 is 1.27 bits per heavy atom. The van der Waals surface area contributed by atoms with E-state index < -0.39 is 0 Å². The Kier molecular flexibility index (Phi) is 3.93. The quantitative estimate of drug-likeness (QED) is 0.802. The molecule has 0 amide bonds. The molecule has 26 heavy (non-hydrogen) atoms. The molecule has 1 aromatic carbocycles. The Balaban J connectivity index is 1.69. The average molecular weight is 355 g/mol. The van der Waals surface area contributed by atoms with Gasteiger partial charge in [0.2, 0.25) is 0 Å². The number of piperidine rings is 1. The Morgan fingerprint density at radius 3 is 2.65 bits per heavy atom. The summed E-state index contributed by atoms with van der Waals surface area (Å²) in [6.07, 6.45) is 6.91. The van der Waals surface area contributed by atoms with Crippen LogP contribution < -0.4 is 15.1 Å². The molecule has 4 heteroatoms. The van der Waals surface area contributed by atoms with Crippen LogP contribution in [0.15, 0.2) is 18.2 Å². The molecule has 1 aromatic rings. The maximum absolute atomic E-state index is 8.22. The molecule has 142 valence electrons. The summed E-state index contributed by atoms with van der Waals surface area (Å²) in [7, 11) is 2.20. The van der Waals surface area contributed by atoms with Gasteiger partial charge in [0.25, 0.3) is 0 Å². The van der Waals surface area contributed by atoms with E-state index >= 15 is 0 Å². The largest absolute Gasteiger partial charge is 0.353 e. The Bertz CT molecular complexity index is 713. The Labute approximate surface area is 158 Å². The van der Waals surface area contributed by atoms with Gasteiger partial charge in [0.15, 0.2) is 0 Å². The summed E-state index contributed by atoms with van der Waals surface area (Å²) in [6.45, 7) is 11.3. The van der Waals surface area contributed by atoms with Gasteiger partial charge in [-0.2, -0.15) is 0 Å². The zero-order chi connectivity index (χ0) is 18.7. The number of benzene rings is 1. The van der Waals surface area contributed by atoms with E-state index in [0.717, 1.165) is 19.5 Å². The summed E-state index contributed by atoms with van der Waals surface area (Å²) < 4.78 is 0. The van der Waals surface area contributed by atoms with Crippen LogP contribution in [0, 0.1) is 10.8 Å². The Morgan fingerprint density at radius 2 is 2.04 bits per heavy atom. The first-order chi connectivity index (χ1) is 12.2. The predicted octanol–water partition coefficient (Wildman–Crippen LogP) is 4.14. The number of anilines is 2. The highest BCUT2D eigenvalue weighted by molar-refractivity contribution is 5.85. The van der Waals surface area contributed by atoms with Gasteiger partial charge in [-0.25, -0.2) is 0 Å². The van der Waals surface area contributed by atoms with Crippen molar-refractivity contribution in [3.63, 3.8) is 0 Å². The van der Waals surface area contributed by atoms with Gasteiger partial charge in [0, 0.05) is 30.8 Å². The van der Waals surface area contributed by atoms with Crippen LogP contribution >= 0.6 is 0 Å². The molecular formula is C22H34N4. The third-order valence-corrected chi connectivity index (χ3v) is 6.89. The smallest absolute Gasteiger partial charge is 0.0985 e. The van der Waals surface area contributed by atoms with E-state index in [2.05, 4.69) is 68.1 Å². The molecule has 0 bridgehead atoms. The summed E-state index contributed by atoms with van der Waals surface area (Å²) in [6, 6.07) is 6.96. The van der Waals surface area contributed by atoms with Crippen molar-refractivity contribution in [2.24, 2.45) is 5.41 Å². The van der Waals surface area contributed by atoms with E-state index in [-0.39, 0.29) is 16.4 Å². The van der Waals surface area contributed by atoms with Gasteiger partial charge >= 0.3 is 0 Å². The second-order valence-corrected chi connectivity index (χ2v) is 9.89. The lowest BCUT2D eigenvalue weighted by atomic mass is 9.86. The minimum atomic E-state index is -0.107. The van der Waals surface area contributed by atoms with E-state index in [1.165, 1.54) is 36.2 Å². The van der Waals surface area contributed by atoms with Gasteiger partial charge in [-0.05, 0) is 55.8 Å². The van der Waals surface area contributed by atoms with Gasteiger partial charge in [0.1, 0.15) is 0 Å². The minimum absolute atomic E-state index is 0.107. The molecule has 2 N–H and O–H groups in total. The van der Waals surface area contributed by atoms with E-state index in [4.69, 9.17) is 5.41 Å². The fourth-order valence-electron chi connectivity index (χ4n) is 5.25. The molecule has 3 unspecified atom stereocenters. The zero-order valence-corrected chi connectivity index (χ0v) is 17.0. The fourth-order valence-corrected chi connectivity index (χ4v) is 5.25. The summed E-state index contributed by atoms with van der Waals surface area (Å²) in [5, 5.41) is 12.0. The summed E-state index contributed by atoms with van der Waals surface area (Å²) in [4.78, 5) is 4.92. The summed E-state index contributed by atoms with van der Waals surface area (Å²) in [5.74, 6) is 0. The molecular weight excluding hydrogens is 320 g/mol. The van der Waals surface area contributed by atoms with Gasteiger partial charge in [-0.15, -0.1) is 0 Å². The van der Waals surface area contributed by atoms with E-state index in [0.29, 0.717) is 6.17 Å². The molecule has 1 aliphatic carbocycles. The van der Waals surface area contributed by atoms with Gasteiger partial charge in [0.05, 0.1) is 17.5 Å². The average Bonchev–Trinajstić information content (AvgIpc) is 3.18. The highest BCUT2D eigenvalue weighted by atomic mass is 15.4. The number of fused-ring (bicyclic) bond motifs is 1. The lowest BCUT2D eigenvalue weighted by Gasteiger charge is -2.33. The van der Waals surface area contributed by atoms with Crippen molar-refractivity contribution in [1.82, 2.24) is 5.32 Å². The van der Waals surface area contributed by atoms with Crippen LogP contribution in [0.3, 0.4) is 0 Å². The number of nitrogens with one attached hydrogen (secondary N) is 2. The maximum Gasteiger partial charge on any atom is 0.0985 e. The van der Waals surface area contributed by atoms with Crippen molar-refractivity contribution in [1.29, 1.82) is 5.41 Å². The molecule has 1 saturated heterocycles. The number of nitrogens with zero attached hydrogens (tertiary/aromatic N) is 2. The first-order valence-corrected chi connectivity index (χ1v) is 10.1. The van der Waals surface area contributed by atoms with Gasteiger partial charge < -0.3 is 20.5 Å². The molecule has 0 aromatic heterocycles. The van der Waals surface area contributed by atoms with Crippen LogP contribution in [0.2, 0.25) is 0 Å². The van der Waals surface area contributed by atoms with Gasteiger partial charge in [-0.3, -0.25) is 0 Å². The molecule has 4 nitrogen and oxygen atoms in total. The van der Waals surface area contributed by atoms with Crippen molar-refractivity contribution in [3.05, 3.63) is 23.8 Å². The molecule has 1 saturated carbocycles. The summed E-state index contributed by atoms with van der Waals surface area (Å²) in [5.41, 5.74) is 4.26. The number of hydrogen-bond acceptors (Lipinski definition) is 4. The first kappa shape index (κ1) is 17.8. The summed E-state index contributed by atoms with van der Waals surface area (Å²) >= 11 is 0. The van der Waals surface area contributed by atoms with Crippen molar-refractivity contribution in [2.75, 3.05) is 29.9 Å². The van der Waals surface area contributed by atoms with E-state index in [9.17, 15) is 0 Å². The molecule has 0 radical (unpaired) electrons. The second-order valence-electron chi connectivity index (χ2n) is 9.89. The lowest BCUT2D eigenvalue weighted by molar-refractivity contribution is 0.364. The van der Waals surface area contributed by atoms with Crippen LogP contribution in [-0.2, 0) is 5.41 Å². The number of hydrogen-bond donors (Lipinski definition) is 2. The van der Waals surface area contributed by atoms with Crippen molar-refractivity contribution in [3.8, 4) is 0 Å². The molecule has 2 heterocycles. The van der Waals surface area contributed by atoms with Crippen LogP contribution in [0.5, 0.6) is 0 Å². The standard InChI is InChI=1S/C22H34N4/c1-16-25(5)19-12-17(8-9-18(19)26(16)15-20(2,3)4)21(14-23)13-22(21)10-6-7-11-24-22/h8-9,12,14,16,23-24H,6-7,10-11,13,15H2,1-5H3. The normalized spacial score (nSPS) is 33.5. The maximum atomic E-state index is 8.22. The zero-order valence-electron chi connectivity index (χ0n) is 17.0. The van der Waals surface area contributed by atoms with Crippen molar-refractivity contribution < 1.29 is 0 Å². The molecule has 1 spiro atoms. The minimum Gasteiger partial charge on any atom is -0.353 e. The molecule has 4 rings (SSSR count). The van der Waals surface area contributed by atoms with Crippen molar-refractivity contribution in [2.45, 2.75) is 70.5 Å². The third-order valence-electron chi connectivity index (χ3n) is 6.89. The monoisotopic (exact) mass is 354 g/mol. The topological polar surface area (TPSA) is 42.4 Å². The Hall–Kier alpha value is -1.55. The highest BCUT2D eigenvalue weighted by Gasteiger charge is 2.67. The molecule has 3 atom stereocenters. The third kappa shape index (κ3) is 2.49. The molecule has 2 aliphatic heterocycles. The van der Waals surface area contributed by atoms with Gasteiger partial charge in [-0.1, -0.05) is 33.3 Å². The molecule has 2 fully saturated rings. The number of rotatable bonds is 3. The molecule has 3 aliphatic rings. The van der Waals surface area contributed by atoms with Crippen LogP contribution in [0.4, 0.5) is 11.4 Å².